The minimum absolute atomic E-state index is 0.721. The van der Waals surface area contributed by atoms with Gasteiger partial charge in [-0.1, -0.05) is 0 Å². The second-order valence-electron chi connectivity index (χ2n) is 4.09. The standard InChI is InChI=1S/C12H18N4OS/c1-10-8-18-12(15-10)7-16-6-11(14-9-16)5-13-3-4-17-2/h6,8-9,13H,3-5,7H2,1-2H3. The van der Waals surface area contributed by atoms with E-state index < -0.39 is 0 Å². The number of methoxy groups -OCH3 is 1. The molecule has 98 valence electrons. The van der Waals surface area contributed by atoms with E-state index in [9.17, 15) is 0 Å². The lowest BCUT2D eigenvalue weighted by atomic mass is 10.4. The molecule has 5 nitrogen and oxygen atoms in total. The Morgan fingerprint density at radius 3 is 3.11 bits per heavy atom. The van der Waals surface area contributed by atoms with Crippen molar-refractivity contribution >= 4 is 11.3 Å². The average Bonchev–Trinajstić information content (AvgIpc) is 2.95. The molecule has 2 aromatic heterocycles. The fourth-order valence-corrected chi connectivity index (χ4v) is 2.39. The van der Waals surface area contributed by atoms with Crippen molar-refractivity contribution in [3.05, 3.63) is 34.3 Å². The molecule has 18 heavy (non-hydrogen) atoms. The van der Waals surface area contributed by atoms with Crippen molar-refractivity contribution in [2.45, 2.75) is 20.0 Å². The fraction of sp³-hybridized carbons (Fsp3) is 0.500. The van der Waals surface area contributed by atoms with Crippen LogP contribution in [0.4, 0.5) is 0 Å². The van der Waals surface area contributed by atoms with Gasteiger partial charge in [0.1, 0.15) is 5.01 Å². The summed E-state index contributed by atoms with van der Waals surface area (Å²) in [5.74, 6) is 0. The maximum Gasteiger partial charge on any atom is 0.113 e. The summed E-state index contributed by atoms with van der Waals surface area (Å²) in [4.78, 5) is 8.79. The van der Waals surface area contributed by atoms with Crippen LogP contribution in [0.15, 0.2) is 17.9 Å². The van der Waals surface area contributed by atoms with Gasteiger partial charge in [-0.25, -0.2) is 9.97 Å². The molecule has 1 N–H and O–H groups in total. The molecule has 0 aliphatic carbocycles. The average molecular weight is 266 g/mol. The van der Waals surface area contributed by atoms with Crippen LogP contribution in [0.1, 0.15) is 16.4 Å². The van der Waals surface area contributed by atoms with E-state index in [-0.39, 0.29) is 0 Å². The summed E-state index contributed by atoms with van der Waals surface area (Å²) in [5, 5.41) is 6.45. The van der Waals surface area contributed by atoms with E-state index in [1.54, 1.807) is 18.4 Å². The van der Waals surface area contributed by atoms with E-state index in [1.165, 1.54) is 0 Å². The van der Waals surface area contributed by atoms with Crippen molar-refractivity contribution in [3.8, 4) is 0 Å². The predicted octanol–water partition coefficient (Wildman–Crippen LogP) is 1.43. The molecule has 6 heteroatoms. The Morgan fingerprint density at radius 2 is 2.39 bits per heavy atom. The lowest BCUT2D eigenvalue weighted by Crippen LogP contribution is -2.18. The highest BCUT2D eigenvalue weighted by Crippen LogP contribution is 2.10. The molecule has 0 bridgehead atoms. The third-order valence-corrected chi connectivity index (χ3v) is 3.41. The van der Waals surface area contributed by atoms with Gasteiger partial charge in [0.05, 0.1) is 25.2 Å². The zero-order valence-electron chi connectivity index (χ0n) is 10.7. The summed E-state index contributed by atoms with van der Waals surface area (Å²) in [5.41, 5.74) is 2.12. The van der Waals surface area contributed by atoms with Crippen molar-refractivity contribution in [1.82, 2.24) is 19.9 Å². The van der Waals surface area contributed by atoms with E-state index in [2.05, 4.69) is 31.4 Å². The van der Waals surface area contributed by atoms with Gasteiger partial charge in [-0.15, -0.1) is 11.3 Å². The van der Waals surface area contributed by atoms with Gasteiger partial charge in [0.25, 0.3) is 0 Å². The van der Waals surface area contributed by atoms with Crippen LogP contribution in [0.2, 0.25) is 0 Å². The highest BCUT2D eigenvalue weighted by atomic mass is 32.1. The normalized spacial score (nSPS) is 11.0. The molecule has 0 atom stereocenters. The van der Waals surface area contributed by atoms with Gasteiger partial charge in [0, 0.05) is 37.5 Å². The number of aromatic nitrogens is 3. The number of imidazole rings is 1. The lowest BCUT2D eigenvalue weighted by molar-refractivity contribution is 0.199. The first kappa shape index (κ1) is 13.2. The van der Waals surface area contributed by atoms with Crippen LogP contribution >= 0.6 is 11.3 Å². The SMILES string of the molecule is COCCNCc1cn(Cc2nc(C)cs2)cn1. The molecule has 0 saturated carbocycles. The minimum Gasteiger partial charge on any atom is -0.383 e. The molecule has 0 amide bonds. The molecular weight excluding hydrogens is 248 g/mol. The molecule has 0 spiro atoms. The van der Waals surface area contributed by atoms with Gasteiger partial charge in [-0.05, 0) is 6.92 Å². The van der Waals surface area contributed by atoms with Gasteiger partial charge in [0.15, 0.2) is 0 Å². The Bertz CT molecular complexity index is 480. The molecule has 0 saturated heterocycles. The highest BCUT2D eigenvalue weighted by Gasteiger charge is 2.02. The Morgan fingerprint density at radius 1 is 1.50 bits per heavy atom. The van der Waals surface area contributed by atoms with Crippen molar-refractivity contribution < 1.29 is 4.74 Å². The number of ether oxygens (including phenoxy) is 1. The third-order valence-electron chi connectivity index (χ3n) is 2.46. The molecule has 2 rings (SSSR count). The van der Waals surface area contributed by atoms with Gasteiger partial charge >= 0.3 is 0 Å². The van der Waals surface area contributed by atoms with Gasteiger partial charge in [-0.2, -0.15) is 0 Å². The number of rotatable bonds is 7. The first-order chi connectivity index (χ1) is 8.78. The number of aryl methyl sites for hydroxylation is 1. The van der Waals surface area contributed by atoms with Crippen molar-refractivity contribution in [1.29, 1.82) is 0 Å². The molecule has 0 aliphatic heterocycles. The van der Waals surface area contributed by atoms with Gasteiger partial charge < -0.3 is 14.6 Å². The van der Waals surface area contributed by atoms with E-state index in [0.717, 1.165) is 42.6 Å². The summed E-state index contributed by atoms with van der Waals surface area (Å²) < 4.78 is 7.03. The molecule has 0 radical (unpaired) electrons. The predicted molar refractivity (Wildman–Crippen MR) is 71.8 cm³/mol. The van der Waals surface area contributed by atoms with Crippen LogP contribution in [0, 0.1) is 6.92 Å². The summed E-state index contributed by atoms with van der Waals surface area (Å²) in [6, 6.07) is 0. The van der Waals surface area contributed by atoms with E-state index in [0.29, 0.717) is 0 Å². The monoisotopic (exact) mass is 266 g/mol. The Kier molecular flexibility index (Phi) is 4.86. The molecule has 2 aromatic rings. The summed E-state index contributed by atoms with van der Waals surface area (Å²) in [6.45, 7) is 5.14. The number of nitrogens with zero attached hydrogens (tertiary/aromatic N) is 3. The lowest BCUT2D eigenvalue weighted by Gasteiger charge is -2.00. The van der Waals surface area contributed by atoms with Crippen LogP contribution in [-0.2, 0) is 17.8 Å². The molecule has 0 aliphatic rings. The number of hydrogen-bond acceptors (Lipinski definition) is 5. The molecule has 0 fully saturated rings. The molecule has 0 unspecified atom stereocenters. The third kappa shape index (κ3) is 3.90. The Balaban J connectivity index is 1.82. The van der Waals surface area contributed by atoms with Crippen molar-refractivity contribution in [2.75, 3.05) is 20.3 Å². The maximum atomic E-state index is 4.97. The molecule has 0 aromatic carbocycles. The highest BCUT2D eigenvalue weighted by molar-refractivity contribution is 7.09. The van der Waals surface area contributed by atoms with Crippen LogP contribution in [0.25, 0.3) is 0 Å². The van der Waals surface area contributed by atoms with E-state index in [4.69, 9.17) is 4.74 Å². The number of nitrogens with one attached hydrogen (secondary N) is 1. The smallest absolute Gasteiger partial charge is 0.113 e. The Hall–Kier alpha value is -1.24. The van der Waals surface area contributed by atoms with Gasteiger partial charge in [-0.3, -0.25) is 0 Å². The second-order valence-corrected chi connectivity index (χ2v) is 5.03. The summed E-state index contributed by atoms with van der Waals surface area (Å²) >= 11 is 1.69. The first-order valence-corrected chi connectivity index (χ1v) is 6.77. The van der Waals surface area contributed by atoms with Crippen LogP contribution in [0.5, 0.6) is 0 Å². The van der Waals surface area contributed by atoms with Crippen LogP contribution in [-0.4, -0.2) is 34.8 Å². The summed E-state index contributed by atoms with van der Waals surface area (Å²) in [7, 11) is 1.70. The number of hydrogen-bond donors (Lipinski definition) is 1. The zero-order chi connectivity index (χ0) is 12.8. The zero-order valence-corrected chi connectivity index (χ0v) is 11.5. The molecular formula is C12H18N4OS. The maximum absolute atomic E-state index is 4.97. The second kappa shape index (κ2) is 6.63. The number of thiazole rings is 1. The quantitative estimate of drug-likeness (QED) is 0.770. The van der Waals surface area contributed by atoms with Crippen molar-refractivity contribution in [2.24, 2.45) is 0 Å². The Labute approximate surface area is 111 Å². The van der Waals surface area contributed by atoms with Crippen LogP contribution < -0.4 is 5.32 Å². The summed E-state index contributed by atoms with van der Waals surface area (Å²) in [6.07, 6.45) is 3.90. The largest absolute Gasteiger partial charge is 0.383 e. The minimum atomic E-state index is 0.721. The fourth-order valence-electron chi connectivity index (χ4n) is 1.61. The topological polar surface area (TPSA) is 52.0 Å². The van der Waals surface area contributed by atoms with E-state index >= 15 is 0 Å². The van der Waals surface area contributed by atoms with Gasteiger partial charge in [0.2, 0.25) is 0 Å². The molecule has 2 heterocycles. The van der Waals surface area contributed by atoms with Crippen molar-refractivity contribution in [3.63, 3.8) is 0 Å². The first-order valence-electron chi connectivity index (χ1n) is 5.89. The van der Waals surface area contributed by atoms with E-state index in [1.807, 2.05) is 13.3 Å². The van der Waals surface area contributed by atoms with Crippen LogP contribution in [0.3, 0.4) is 0 Å².